The highest BCUT2D eigenvalue weighted by atomic mass is 35.5. The van der Waals surface area contributed by atoms with Crippen LogP contribution >= 0.6 is 11.6 Å². The molecule has 0 heterocycles. The maximum atomic E-state index is 12.8. The lowest BCUT2D eigenvalue weighted by Gasteiger charge is -2.24. The van der Waals surface area contributed by atoms with Crippen LogP contribution in [0.5, 0.6) is 5.75 Å². The summed E-state index contributed by atoms with van der Waals surface area (Å²) < 4.78 is 30.9. The van der Waals surface area contributed by atoms with Crippen LogP contribution in [0.15, 0.2) is 48.5 Å². The van der Waals surface area contributed by atoms with Crippen molar-refractivity contribution in [2.75, 3.05) is 19.9 Å². The minimum Gasteiger partial charge on any atom is -0.497 e. The summed E-state index contributed by atoms with van der Waals surface area (Å²) in [6, 6.07) is 14.3. The number of carbonyl (C=O) groups is 1. The summed E-state index contributed by atoms with van der Waals surface area (Å²) in [5, 5.41) is 3.45. The van der Waals surface area contributed by atoms with Gasteiger partial charge in [0, 0.05) is 11.6 Å². The Kier molecular flexibility index (Phi) is 8.70. The Morgan fingerprint density at radius 1 is 1.13 bits per heavy atom. The number of benzene rings is 2. The van der Waals surface area contributed by atoms with Crippen LogP contribution < -0.4 is 10.1 Å². The van der Waals surface area contributed by atoms with Gasteiger partial charge in [-0.3, -0.25) is 4.79 Å². The van der Waals surface area contributed by atoms with E-state index in [-0.39, 0.29) is 25.0 Å². The Morgan fingerprint density at radius 2 is 1.77 bits per heavy atom. The topological polar surface area (TPSA) is 75.7 Å². The van der Waals surface area contributed by atoms with Gasteiger partial charge in [0.2, 0.25) is 15.9 Å². The molecule has 0 radical (unpaired) electrons. The van der Waals surface area contributed by atoms with Crippen molar-refractivity contribution >= 4 is 27.5 Å². The molecule has 0 aliphatic heterocycles. The molecule has 2 aromatic rings. The monoisotopic (exact) mass is 452 g/mol. The van der Waals surface area contributed by atoms with E-state index in [1.807, 2.05) is 24.3 Å². The third-order valence-corrected chi connectivity index (χ3v) is 6.22. The van der Waals surface area contributed by atoms with Crippen molar-refractivity contribution in [3.63, 3.8) is 0 Å². The van der Waals surface area contributed by atoms with Crippen LogP contribution in [0.4, 0.5) is 0 Å². The highest BCUT2D eigenvalue weighted by Gasteiger charge is 2.24. The molecule has 0 aliphatic carbocycles. The highest BCUT2D eigenvalue weighted by molar-refractivity contribution is 7.88. The van der Waals surface area contributed by atoms with Gasteiger partial charge in [0.05, 0.1) is 26.0 Å². The number of nitrogens with zero attached hydrogens (tertiary/aromatic N) is 1. The fraction of sp³-hybridized carbons (Fsp3) is 0.409. The van der Waals surface area contributed by atoms with Gasteiger partial charge >= 0.3 is 0 Å². The maximum Gasteiger partial charge on any atom is 0.235 e. The Hall–Kier alpha value is -2.09. The number of rotatable bonds is 10. The molecule has 0 spiro atoms. The van der Waals surface area contributed by atoms with E-state index in [4.69, 9.17) is 16.3 Å². The minimum atomic E-state index is -3.61. The number of hydrogen-bond donors (Lipinski definition) is 1. The fourth-order valence-corrected chi connectivity index (χ4v) is 4.01. The number of hydrogen-bond acceptors (Lipinski definition) is 4. The van der Waals surface area contributed by atoms with Gasteiger partial charge in [0.25, 0.3) is 0 Å². The van der Waals surface area contributed by atoms with Crippen LogP contribution in [0, 0.1) is 5.92 Å². The first-order valence-corrected chi connectivity index (χ1v) is 11.9. The van der Waals surface area contributed by atoms with Crippen LogP contribution in [0.3, 0.4) is 0 Å². The second kappa shape index (κ2) is 10.8. The third-order valence-electron chi connectivity index (χ3n) is 4.65. The van der Waals surface area contributed by atoms with E-state index in [0.29, 0.717) is 16.5 Å². The molecule has 2 aromatic carbocycles. The van der Waals surface area contributed by atoms with E-state index in [9.17, 15) is 13.2 Å². The quantitative estimate of drug-likeness (QED) is 0.590. The molecule has 6 nitrogen and oxygen atoms in total. The second-order valence-electron chi connectivity index (χ2n) is 7.65. The molecule has 30 heavy (non-hydrogen) atoms. The van der Waals surface area contributed by atoms with Gasteiger partial charge in [-0.1, -0.05) is 55.8 Å². The molecule has 164 valence electrons. The molecule has 1 N–H and O–H groups in total. The van der Waals surface area contributed by atoms with Crippen molar-refractivity contribution in [2.24, 2.45) is 5.92 Å². The zero-order valence-corrected chi connectivity index (χ0v) is 19.3. The van der Waals surface area contributed by atoms with Crippen LogP contribution in [-0.2, 0) is 21.4 Å². The first kappa shape index (κ1) is 24.2. The van der Waals surface area contributed by atoms with Gasteiger partial charge in [0.15, 0.2) is 0 Å². The molecule has 1 amide bonds. The van der Waals surface area contributed by atoms with Crippen LogP contribution in [0.1, 0.15) is 37.4 Å². The highest BCUT2D eigenvalue weighted by Crippen LogP contribution is 2.24. The first-order chi connectivity index (χ1) is 14.1. The van der Waals surface area contributed by atoms with Crippen LogP contribution in [-0.4, -0.2) is 38.5 Å². The molecular weight excluding hydrogens is 424 g/mol. The molecule has 0 aromatic heterocycles. The number of nitrogens with one attached hydrogen (secondary N) is 1. The van der Waals surface area contributed by atoms with Gasteiger partial charge in [-0.25, -0.2) is 8.42 Å². The smallest absolute Gasteiger partial charge is 0.235 e. The van der Waals surface area contributed by atoms with E-state index >= 15 is 0 Å². The van der Waals surface area contributed by atoms with E-state index in [1.54, 1.807) is 31.4 Å². The van der Waals surface area contributed by atoms with E-state index < -0.39 is 10.0 Å². The van der Waals surface area contributed by atoms with E-state index in [2.05, 4.69) is 19.2 Å². The summed E-state index contributed by atoms with van der Waals surface area (Å²) >= 11 is 6.17. The molecule has 1 atom stereocenters. The predicted molar refractivity (Wildman–Crippen MR) is 120 cm³/mol. The van der Waals surface area contributed by atoms with Crippen LogP contribution in [0.25, 0.3) is 0 Å². The second-order valence-corrected chi connectivity index (χ2v) is 10.0. The normalized spacial score (nSPS) is 12.8. The molecule has 0 saturated heterocycles. The van der Waals surface area contributed by atoms with Gasteiger partial charge in [-0.05, 0) is 41.7 Å². The predicted octanol–water partition coefficient (Wildman–Crippen LogP) is 4.01. The van der Waals surface area contributed by atoms with Crippen molar-refractivity contribution < 1.29 is 17.9 Å². The lowest BCUT2D eigenvalue weighted by atomic mass is 9.97. The standard InChI is InChI=1S/C22H29ClN2O4S/c1-16(2)13-21(17-9-11-19(29-3)12-10-17)24-22(26)15-25(30(4,27)28)14-18-7-5-6-8-20(18)23/h5-12,16,21H,13-15H2,1-4H3,(H,24,26)/t21-/m0/s1. The Labute approximate surface area is 184 Å². The largest absolute Gasteiger partial charge is 0.497 e. The number of ether oxygens (including phenoxy) is 1. The van der Waals surface area contributed by atoms with Gasteiger partial charge in [0.1, 0.15) is 5.75 Å². The Balaban J connectivity index is 2.16. The van der Waals surface area contributed by atoms with Crippen LogP contribution in [0.2, 0.25) is 5.02 Å². The fourth-order valence-electron chi connectivity index (χ4n) is 3.09. The van der Waals surface area contributed by atoms with Gasteiger partial charge in [-0.2, -0.15) is 4.31 Å². The molecule has 2 rings (SSSR count). The number of sulfonamides is 1. The molecule has 8 heteroatoms. The van der Waals surface area contributed by atoms with Crippen molar-refractivity contribution in [3.05, 3.63) is 64.7 Å². The zero-order valence-electron chi connectivity index (χ0n) is 17.8. The summed E-state index contributed by atoms with van der Waals surface area (Å²) in [6.45, 7) is 3.89. The summed E-state index contributed by atoms with van der Waals surface area (Å²) in [5.74, 6) is 0.705. The summed E-state index contributed by atoms with van der Waals surface area (Å²) in [5.41, 5.74) is 1.58. The third kappa shape index (κ3) is 7.31. The Bertz CT molecular complexity index is 946. The van der Waals surface area contributed by atoms with Crippen molar-refractivity contribution in [1.29, 1.82) is 0 Å². The van der Waals surface area contributed by atoms with Crippen molar-refractivity contribution in [2.45, 2.75) is 32.9 Å². The maximum absolute atomic E-state index is 12.8. The molecular formula is C22H29ClN2O4S. The number of amides is 1. The minimum absolute atomic E-state index is 0.0311. The number of carbonyl (C=O) groups excluding carboxylic acids is 1. The first-order valence-electron chi connectivity index (χ1n) is 9.72. The van der Waals surface area contributed by atoms with Gasteiger partial charge in [-0.15, -0.1) is 0 Å². The zero-order chi connectivity index (χ0) is 22.3. The molecule has 0 unspecified atom stereocenters. The van der Waals surface area contributed by atoms with E-state index in [0.717, 1.165) is 28.3 Å². The Morgan fingerprint density at radius 3 is 2.30 bits per heavy atom. The SMILES string of the molecule is COc1ccc([C@H](CC(C)C)NC(=O)CN(Cc2ccccc2Cl)S(C)(=O)=O)cc1. The molecule has 0 saturated carbocycles. The lowest BCUT2D eigenvalue weighted by molar-refractivity contribution is -0.122. The summed E-state index contributed by atoms with van der Waals surface area (Å²) in [4.78, 5) is 12.8. The molecule has 0 bridgehead atoms. The number of halogens is 1. The lowest BCUT2D eigenvalue weighted by Crippen LogP contribution is -2.41. The summed E-state index contributed by atoms with van der Waals surface area (Å²) in [6.07, 6.45) is 1.81. The average molecular weight is 453 g/mol. The van der Waals surface area contributed by atoms with Crippen molar-refractivity contribution in [1.82, 2.24) is 9.62 Å². The molecule has 0 aliphatic rings. The molecule has 0 fully saturated rings. The summed E-state index contributed by atoms with van der Waals surface area (Å²) in [7, 11) is -2.01. The number of methoxy groups -OCH3 is 1. The average Bonchev–Trinajstić information content (AvgIpc) is 2.67. The van der Waals surface area contributed by atoms with Crippen molar-refractivity contribution in [3.8, 4) is 5.75 Å². The van der Waals surface area contributed by atoms with E-state index in [1.165, 1.54) is 0 Å². The van der Waals surface area contributed by atoms with Gasteiger partial charge < -0.3 is 10.1 Å².